The molecule has 0 aliphatic carbocycles. The van der Waals surface area contributed by atoms with Crippen molar-refractivity contribution in [2.45, 2.75) is 19.4 Å². The number of hydrogen-bond donors (Lipinski definition) is 2. The number of primary amides is 1. The zero-order valence-corrected chi connectivity index (χ0v) is 11.8. The van der Waals surface area contributed by atoms with Crippen LogP contribution in [0.4, 0.5) is 4.39 Å². The lowest BCUT2D eigenvalue weighted by Gasteiger charge is -2.15. The molecule has 5 heteroatoms. The minimum atomic E-state index is -0.327. The van der Waals surface area contributed by atoms with Crippen molar-refractivity contribution >= 4 is 5.91 Å². The molecule has 0 radical (unpaired) electrons. The van der Waals surface area contributed by atoms with Crippen molar-refractivity contribution in [2.75, 3.05) is 19.7 Å². The monoisotopic (exact) mass is 290 g/mol. The smallest absolute Gasteiger partial charge is 0.221 e. The number of rotatable bonds is 4. The van der Waals surface area contributed by atoms with Crippen LogP contribution in [0.15, 0.2) is 18.2 Å². The molecule has 0 aromatic heterocycles. The molecule has 3 N–H and O–H groups in total. The maximum Gasteiger partial charge on any atom is 0.221 e. The molecule has 1 amide bonds. The quantitative estimate of drug-likeness (QED) is 0.809. The van der Waals surface area contributed by atoms with Gasteiger partial charge in [-0.3, -0.25) is 9.69 Å². The third-order valence-corrected chi connectivity index (χ3v) is 3.51. The molecule has 4 nitrogen and oxygen atoms in total. The number of aliphatic hydroxyl groups excluding tert-OH is 1. The Labute approximate surface area is 123 Å². The van der Waals surface area contributed by atoms with Crippen LogP contribution in [0.1, 0.15) is 24.0 Å². The van der Waals surface area contributed by atoms with Crippen molar-refractivity contribution in [3.63, 3.8) is 0 Å². The molecule has 21 heavy (non-hydrogen) atoms. The summed E-state index contributed by atoms with van der Waals surface area (Å²) in [5.74, 6) is 4.91. The Balaban J connectivity index is 2.04. The van der Waals surface area contributed by atoms with Gasteiger partial charge in [-0.1, -0.05) is 11.8 Å². The number of likely N-dealkylation sites (tertiary alicyclic amines) is 1. The first-order valence-electron chi connectivity index (χ1n) is 6.99. The molecule has 2 rings (SSSR count). The van der Waals surface area contributed by atoms with E-state index in [9.17, 15) is 9.18 Å². The Kier molecular flexibility index (Phi) is 5.32. The topological polar surface area (TPSA) is 66.6 Å². The Bertz CT molecular complexity index is 577. The van der Waals surface area contributed by atoms with Gasteiger partial charge in [0.1, 0.15) is 5.82 Å². The third kappa shape index (κ3) is 4.55. The maximum atomic E-state index is 13.6. The van der Waals surface area contributed by atoms with E-state index in [1.165, 1.54) is 12.1 Å². The molecule has 1 unspecified atom stereocenters. The highest BCUT2D eigenvalue weighted by molar-refractivity contribution is 5.77. The molecule has 1 fully saturated rings. The van der Waals surface area contributed by atoms with Gasteiger partial charge in [-0.15, -0.1) is 0 Å². The van der Waals surface area contributed by atoms with Gasteiger partial charge in [0, 0.05) is 25.1 Å². The Morgan fingerprint density at radius 1 is 1.48 bits per heavy atom. The molecule has 0 spiro atoms. The van der Waals surface area contributed by atoms with Gasteiger partial charge in [0.05, 0.1) is 12.5 Å². The maximum absolute atomic E-state index is 13.6. The van der Waals surface area contributed by atoms with E-state index in [0.29, 0.717) is 25.1 Å². The lowest BCUT2D eigenvalue weighted by molar-refractivity contribution is -0.121. The molecule has 1 aromatic carbocycles. The van der Waals surface area contributed by atoms with Crippen LogP contribution in [0.25, 0.3) is 0 Å². The van der Waals surface area contributed by atoms with Gasteiger partial charge < -0.3 is 10.8 Å². The summed E-state index contributed by atoms with van der Waals surface area (Å²) in [6.45, 7) is 1.99. The van der Waals surface area contributed by atoms with E-state index < -0.39 is 0 Å². The molecule has 0 bridgehead atoms. The van der Waals surface area contributed by atoms with Gasteiger partial charge >= 0.3 is 0 Å². The van der Waals surface area contributed by atoms with E-state index in [4.69, 9.17) is 10.8 Å². The van der Waals surface area contributed by atoms with E-state index >= 15 is 0 Å². The number of amides is 1. The first kappa shape index (κ1) is 15.5. The fourth-order valence-electron chi connectivity index (χ4n) is 2.50. The summed E-state index contributed by atoms with van der Waals surface area (Å²) in [6.07, 6.45) is 1.13. The SMILES string of the molecule is NC(=O)C1CCN(Cc2cc(F)cc(C#CCCO)c2)C1. The Morgan fingerprint density at radius 2 is 2.29 bits per heavy atom. The van der Waals surface area contributed by atoms with Crippen molar-refractivity contribution in [1.82, 2.24) is 4.90 Å². The van der Waals surface area contributed by atoms with Crippen molar-refractivity contribution in [1.29, 1.82) is 0 Å². The fraction of sp³-hybridized carbons (Fsp3) is 0.438. The molecule has 112 valence electrons. The lowest BCUT2D eigenvalue weighted by atomic mass is 10.1. The van der Waals surface area contributed by atoms with Gasteiger partial charge in [0.2, 0.25) is 5.91 Å². The minimum Gasteiger partial charge on any atom is -0.395 e. The van der Waals surface area contributed by atoms with Crippen LogP contribution in [-0.2, 0) is 11.3 Å². The van der Waals surface area contributed by atoms with Crippen LogP contribution in [0, 0.1) is 23.6 Å². The number of carbonyl (C=O) groups is 1. The number of benzene rings is 1. The lowest BCUT2D eigenvalue weighted by Crippen LogP contribution is -2.27. The molecule has 1 aliphatic rings. The van der Waals surface area contributed by atoms with Crippen LogP contribution in [0.5, 0.6) is 0 Å². The highest BCUT2D eigenvalue weighted by Gasteiger charge is 2.26. The summed E-state index contributed by atoms with van der Waals surface area (Å²) in [5.41, 5.74) is 6.73. The molecule has 1 aliphatic heterocycles. The zero-order valence-electron chi connectivity index (χ0n) is 11.8. The van der Waals surface area contributed by atoms with Gasteiger partial charge in [0.25, 0.3) is 0 Å². The van der Waals surface area contributed by atoms with E-state index in [0.717, 1.165) is 18.5 Å². The second kappa shape index (κ2) is 7.21. The summed E-state index contributed by atoms with van der Waals surface area (Å²) < 4.78 is 13.6. The predicted octanol–water partition coefficient (Wildman–Crippen LogP) is 0.867. The van der Waals surface area contributed by atoms with Crippen molar-refractivity contribution in [3.8, 4) is 11.8 Å². The Morgan fingerprint density at radius 3 is 2.95 bits per heavy atom. The summed E-state index contributed by atoms with van der Waals surface area (Å²) in [5, 5.41) is 8.69. The van der Waals surface area contributed by atoms with E-state index in [1.807, 2.05) is 6.07 Å². The second-order valence-corrected chi connectivity index (χ2v) is 5.25. The number of aliphatic hydroxyl groups is 1. The van der Waals surface area contributed by atoms with E-state index in [2.05, 4.69) is 16.7 Å². The first-order valence-corrected chi connectivity index (χ1v) is 6.99. The standard InChI is InChI=1S/C16H19FN2O2/c17-15-8-12(3-1-2-6-20)7-13(9-15)10-19-5-4-14(11-19)16(18)21/h7-9,14,20H,2,4-6,10-11H2,(H2,18,21). The van der Waals surface area contributed by atoms with Gasteiger partial charge in [0.15, 0.2) is 0 Å². The molecule has 0 saturated carbocycles. The van der Waals surface area contributed by atoms with Crippen LogP contribution < -0.4 is 5.73 Å². The second-order valence-electron chi connectivity index (χ2n) is 5.25. The van der Waals surface area contributed by atoms with E-state index in [1.54, 1.807) is 0 Å². The Hall–Kier alpha value is -1.90. The van der Waals surface area contributed by atoms with Crippen molar-refractivity contribution in [3.05, 3.63) is 35.1 Å². The first-order chi connectivity index (χ1) is 10.1. The summed E-state index contributed by atoms with van der Waals surface area (Å²) in [7, 11) is 0. The van der Waals surface area contributed by atoms with Crippen LogP contribution in [0.2, 0.25) is 0 Å². The number of carbonyl (C=O) groups excluding carboxylic acids is 1. The number of halogens is 1. The average molecular weight is 290 g/mol. The molecule has 1 atom stereocenters. The molecule has 1 heterocycles. The molecular formula is C16H19FN2O2. The van der Waals surface area contributed by atoms with Gasteiger partial charge in [-0.05, 0) is 36.7 Å². The van der Waals surface area contributed by atoms with Gasteiger partial charge in [-0.25, -0.2) is 4.39 Å². The van der Waals surface area contributed by atoms with Crippen LogP contribution in [-0.4, -0.2) is 35.6 Å². The number of nitrogens with two attached hydrogens (primary N) is 1. The number of hydrogen-bond acceptors (Lipinski definition) is 3. The fourth-order valence-corrected chi connectivity index (χ4v) is 2.50. The minimum absolute atomic E-state index is 0.00252. The van der Waals surface area contributed by atoms with Crippen molar-refractivity contribution < 1.29 is 14.3 Å². The molecular weight excluding hydrogens is 271 g/mol. The average Bonchev–Trinajstić information content (AvgIpc) is 2.87. The van der Waals surface area contributed by atoms with Crippen LogP contribution >= 0.6 is 0 Å². The summed E-state index contributed by atoms with van der Waals surface area (Å²) >= 11 is 0. The summed E-state index contributed by atoms with van der Waals surface area (Å²) in [4.78, 5) is 13.2. The predicted molar refractivity (Wildman–Crippen MR) is 77.6 cm³/mol. The third-order valence-electron chi connectivity index (χ3n) is 3.51. The highest BCUT2D eigenvalue weighted by Crippen LogP contribution is 2.19. The molecule has 1 saturated heterocycles. The van der Waals surface area contributed by atoms with E-state index in [-0.39, 0.29) is 24.2 Å². The summed E-state index contributed by atoms with van der Waals surface area (Å²) in [6, 6.07) is 4.70. The molecule has 1 aromatic rings. The van der Waals surface area contributed by atoms with Crippen molar-refractivity contribution in [2.24, 2.45) is 11.7 Å². The normalized spacial score (nSPS) is 18.3. The van der Waals surface area contributed by atoms with Gasteiger partial charge in [-0.2, -0.15) is 0 Å². The highest BCUT2D eigenvalue weighted by atomic mass is 19.1. The van der Waals surface area contributed by atoms with Crippen LogP contribution in [0.3, 0.4) is 0 Å². The largest absolute Gasteiger partial charge is 0.395 e. The number of nitrogens with zero attached hydrogens (tertiary/aromatic N) is 1. The zero-order chi connectivity index (χ0) is 15.2.